The molecule has 8 heteroatoms. The minimum atomic E-state index is -0.520. The number of nitrogens with zero attached hydrogens (tertiary/aromatic N) is 6. The second kappa shape index (κ2) is 10.7. The third-order valence-electron chi connectivity index (χ3n) is 6.02. The van der Waals surface area contributed by atoms with Crippen LogP contribution in [0.25, 0.3) is 0 Å². The molecule has 0 atom stereocenters. The van der Waals surface area contributed by atoms with E-state index in [9.17, 15) is 20.1 Å². The van der Waals surface area contributed by atoms with Gasteiger partial charge in [0.05, 0.1) is 27.9 Å². The molecule has 8 nitrogen and oxygen atoms in total. The molecule has 0 N–H and O–H groups in total. The molecule has 0 fully saturated rings. The van der Waals surface area contributed by atoms with Gasteiger partial charge in [-0.05, 0) is 57.0 Å². The SMILES string of the molecule is CCCCCN1C(=O)c2cc(C#N)c(N=Nc3ccc(N(CC)CC)cc3C)c(C#N)c2C1=O. The summed E-state index contributed by atoms with van der Waals surface area (Å²) in [6, 6.07) is 11.1. The summed E-state index contributed by atoms with van der Waals surface area (Å²) in [5, 5.41) is 28.1. The quantitative estimate of drug-likeness (QED) is 0.269. The number of rotatable bonds is 9. The molecular weight excluding hydrogens is 428 g/mol. The predicted octanol–water partition coefficient (Wildman–Crippen LogP) is 5.79. The highest BCUT2D eigenvalue weighted by Gasteiger charge is 2.39. The Hall–Kier alpha value is -4.04. The van der Waals surface area contributed by atoms with Gasteiger partial charge in [0.1, 0.15) is 17.8 Å². The number of aryl methyl sites for hydroxylation is 1. The lowest BCUT2D eigenvalue weighted by Crippen LogP contribution is -2.30. The van der Waals surface area contributed by atoms with Crippen LogP contribution < -0.4 is 4.90 Å². The van der Waals surface area contributed by atoms with E-state index in [4.69, 9.17) is 0 Å². The third kappa shape index (κ3) is 4.53. The van der Waals surface area contributed by atoms with Crippen LogP contribution in [-0.4, -0.2) is 36.3 Å². The molecule has 0 spiro atoms. The molecule has 174 valence electrons. The molecule has 0 radical (unpaired) electrons. The molecule has 34 heavy (non-hydrogen) atoms. The highest BCUT2D eigenvalue weighted by molar-refractivity contribution is 6.23. The van der Waals surface area contributed by atoms with Gasteiger partial charge in [-0.3, -0.25) is 14.5 Å². The number of fused-ring (bicyclic) bond motifs is 1. The number of anilines is 1. The van der Waals surface area contributed by atoms with Crippen molar-refractivity contribution in [1.82, 2.24) is 4.90 Å². The van der Waals surface area contributed by atoms with Crippen LogP contribution in [-0.2, 0) is 0 Å². The van der Waals surface area contributed by atoms with Gasteiger partial charge in [0.25, 0.3) is 11.8 Å². The van der Waals surface area contributed by atoms with Gasteiger partial charge in [0.2, 0.25) is 0 Å². The Labute approximate surface area is 200 Å². The molecule has 0 bridgehead atoms. The maximum absolute atomic E-state index is 13.0. The van der Waals surface area contributed by atoms with E-state index in [1.807, 2.05) is 44.2 Å². The Balaban J connectivity index is 2.03. The fraction of sp³-hybridized carbons (Fsp3) is 0.385. The number of amides is 2. The van der Waals surface area contributed by atoms with E-state index >= 15 is 0 Å². The summed E-state index contributed by atoms with van der Waals surface area (Å²) in [6.07, 6.45) is 2.52. The largest absolute Gasteiger partial charge is 0.372 e. The first-order chi connectivity index (χ1) is 16.4. The fourth-order valence-corrected chi connectivity index (χ4v) is 4.10. The molecule has 0 aliphatic carbocycles. The summed E-state index contributed by atoms with van der Waals surface area (Å²) in [5.41, 5.74) is 2.58. The van der Waals surface area contributed by atoms with Gasteiger partial charge < -0.3 is 4.90 Å². The first kappa shape index (κ1) is 24.6. The third-order valence-corrected chi connectivity index (χ3v) is 6.02. The fourth-order valence-electron chi connectivity index (χ4n) is 4.10. The normalized spacial score (nSPS) is 12.7. The highest BCUT2D eigenvalue weighted by Crippen LogP contribution is 2.36. The van der Waals surface area contributed by atoms with Crippen LogP contribution in [0.2, 0.25) is 0 Å². The summed E-state index contributed by atoms with van der Waals surface area (Å²) in [6.45, 7) is 10.2. The molecule has 1 aliphatic heterocycles. The summed E-state index contributed by atoms with van der Waals surface area (Å²) in [4.78, 5) is 29.2. The summed E-state index contributed by atoms with van der Waals surface area (Å²) in [7, 11) is 0. The van der Waals surface area contributed by atoms with Crippen molar-refractivity contribution in [3.8, 4) is 12.1 Å². The van der Waals surface area contributed by atoms with Gasteiger partial charge in [-0.2, -0.15) is 15.6 Å². The molecule has 0 aromatic heterocycles. The van der Waals surface area contributed by atoms with Gasteiger partial charge in [-0.1, -0.05) is 19.8 Å². The topological polar surface area (TPSA) is 113 Å². The Morgan fingerprint density at radius 3 is 2.29 bits per heavy atom. The molecule has 1 aliphatic rings. The van der Waals surface area contributed by atoms with Gasteiger partial charge in [-0.15, -0.1) is 5.11 Å². The number of nitriles is 2. The van der Waals surface area contributed by atoms with Crippen LogP contribution in [0.4, 0.5) is 17.1 Å². The lowest BCUT2D eigenvalue weighted by atomic mass is 9.97. The van der Waals surface area contributed by atoms with Crippen LogP contribution in [0.15, 0.2) is 34.5 Å². The van der Waals surface area contributed by atoms with E-state index in [0.717, 1.165) is 42.1 Å². The minimum Gasteiger partial charge on any atom is -0.372 e. The van der Waals surface area contributed by atoms with Crippen LogP contribution in [0, 0.1) is 29.6 Å². The predicted molar refractivity (Wildman–Crippen MR) is 130 cm³/mol. The zero-order valence-corrected chi connectivity index (χ0v) is 20.1. The van der Waals surface area contributed by atoms with Crippen LogP contribution in [0.1, 0.15) is 77.4 Å². The molecule has 2 amide bonds. The van der Waals surface area contributed by atoms with E-state index in [-0.39, 0.29) is 34.5 Å². The lowest BCUT2D eigenvalue weighted by molar-refractivity contribution is 0.0651. The number of hydrogen-bond donors (Lipinski definition) is 0. The van der Waals surface area contributed by atoms with Crippen molar-refractivity contribution < 1.29 is 9.59 Å². The van der Waals surface area contributed by atoms with E-state index in [1.165, 1.54) is 6.07 Å². The molecule has 1 heterocycles. The van der Waals surface area contributed by atoms with Gasteiger partial charge in [0, 0.05) is 25.3 Å². The standard InChI is InChI=1S/C26H28N6O2/c1-5-8-9-12-32-25(33)20-14-18(15-27)24(21(16-28)23(20)26(32)34)30-29-22-11-10-19(13-17(22)4)31(6-2)7-3/h10-11,13-14H,5-9,12H2,1-4H3. The lowest BCUT2D eigenvalue weighted by Gasteiger charge is -2.21. The number of unbranched alkanes of at least 4 members (excludes halogenated alkanes) is 2. The number of carbonyl (C=O) groups excluding carboxylic acids is 2. The summed E-state index contributed by atoms with van der Waals surface area (Å²) < 4.78 is 0. The average molecular weight is 457 g/mol. The van der Waals surface area contributed by atoms with E-state index in [0.29, 0.717) is 12.1 Å². The molecule has 2 aromatic rings. The Bertz CT molecular complexity index is 1230. The van der Waals surface area contributed by atoms with Gasteiger partial charge in [-0.25, -0.2) is 0 Å². The molecule has 2 aromatic carbocycles. The second-order valence-corrected chi connectivity index (χ2v) is 8.11. The smallest absolute Gasteiger partial charge is 0.262 e. The maximum Gasteiger partial charge on any atom is 0.262 e. The van der Waals surface area contributed by atoms with Crippen molar-refractivity contribution in [1.29, 1.82) is 10.5 Å². The van der Waals surface area contributed by atoms with Crippen molar-refractivity contribution in [2.45, 2.75) is 47.0 Å². The first-order valence-corrected chi connectivity index (χ1v) is 11.6. The Morgan fingerprint density at radius 2 is 1.71 bits per heavy atom. The summed E-state index contributed by atoms with van der Waals surface area (Å²) in [5.74, 6) is -0.997. The molecule has 0 unspecified atom stereocenters. The number of hydrogen-bond acceptors (Lipinski definition) is 7. The number of imide groups is 1. The van der Waals surface area contributed by atoms with E-state index < -0.39 is 11.8 Å². The molecule has 0 saturated heterocycles. The average Bonchev–Trinajstić information content (AvgIpc) is 3.08. The van der Waals surface area contributed by atoms with Crippen LogP contribution in [0.5, 0.6) is 0 Å². The molecule has 3 rings (SSSR count). The van der Waals surface area contributed by atoms with Gasteiger partial charge in [0.15, 0.2) is 0 Å². The number of benzene rings is 2. The monoisotopic (exact) mass is 456 g/mol. The maximum atomic E-state index is 13.0. The Morgan fingerprint density at radius 1 is 0.971 bits per heavy atom. The van der Waals surface area contributed by atoms with Gasteiger partial charge >= 0.3 is 0 Å². The van der Waals surface area contributed by atoms with Crippen LogP contribution in [0.3, 0.4) is 0 Å². The first-order valence-electron chi connectivity index (χ1n) is 11.6. The Kier molecular flexibility index (Phi) is 7.75. The van der Waals surface area contributed by atoms with Crippen molar-refractivity contribution in [3.05, 3.63) is 52.1 Å². The van der Waals surface area contributed by atoms with Crippen molar-refractivity contribution in [3.63, 3.8) is 0 Å². The molecular formula is C26H28N6O2. The summed E-state index contributed by atoms with van der Waals surface area (Å²) >= 11 is 0. The number of azo groups is 1. The second-order valence-electron chi connectivity index (χ2n) is 8.11. The van der Waals surface area contributed by atoms with E-state index in [1.54, 1.807) is 0 Å². The highest BCUT2D eigenvalue weighted by atomic mass is 16.2. The number of carbonyl (C=O) groups is 2. The van der Waals surface area contributed by atoms with Crippen molar-refractivity contribution in [2.24, 2.45) is 10.2 Å². The molecule has 0 saturated carbocycles. The van der Waals surface area contributed by atoms with E-state index in [2.05, 4.69) is 29.0 Å². The van der Waals surface area contributed by atoms with Crippen LogP contribution >= 0.6 is 0 Å². The zero-order chi connectivity index (χ0) is 24.8. The van der Waals surface area contributed by atoms with Crippen molar-refractivity contribution >= 4 is 28.9 Å². The zero-order valence-electron chi connectivity index (χ0n) is 20.1. The minimum absolute atomic E-state index is 0.00514. The van der Waals surface area contributed by atoms with Crippen molar-refractivity contribution in [2.75, 3.05) is 24.5 Å².